The smallest absolute Gasteiger partial charge is 0.251 e. The van der Waals surface area contributed by atoms with Crippen LogP contribution in [0, 0.1) is 6.42 Å². The summed E-state index contributed by atoms with van der Waals surface area (Å²) in [6.07, 6.45) is 4.01. The second-order valence-electron chi connectivity index (χ2n) is 4.87. The Kier molecular flexibility index (Phi) is 5.27. The molecule has 0 aliphatic carbocycles. The molecule has 0 saturated carbocycles. The number of carbonyl (C=O) groups excluding carboxylic acids is 2. The molecule has 0 bridgehead atoms. The summed E-state index contributed by atoms with van der Waals surface area (Å²) < 4.78 is 0. The number of benzene rings is 1. The van der Waals surface area contributed by atoms with E-state index in [9.17, 15) is 9.59 Å². The molecule has 0 atom stereocenters. The first kappa shape index (κ1) is 15.4. The van der Waals surface area contributed by atoms with Gasteiger partial charge in [0, 0.05) is 24.2 Å². The Bertz CT molecular complexity index is 536. The standard InChI is InChI=1S/C15H18N3O2S/c16-14(21)11-4-6-12(7-5-11)15(20)17-10-13(19)18-8-2-1-3-9-18/h1,4-7H,2-3,8-10H2,(H2,16,21)(H,17,20). The number of hydrogen-bond acceptors (Lipinski definition) is 3. The molecule has 1 saturated heterocycles. The zero-order valence-corrected chi connectivity index (χ0v) is 12.5. The molecule has 0 spiro atoms. The van der Waals surface area contributed by atoms with Gasteiger partial charge in [0.25, 0.3) is 5.91 Å². The number of nitrogens with two attached hydrogens (primary N) is 1. The predicted molar refractivity (Wildman–Crippen MR) is 84.8 cm³/mol. The number of thiocarbonyl (C=S) groups is 1. The van der Waals surface area contributed by atoms with Gasteiger partial charge >= 0.3 is 0 Å². The Morgan fingerprint density at radius 3 is 2.29 bits per heavy atom. The van der Waals surface area contributed by atoms with Crippen LogP contribution in [0.3, 0.4) is 0 Å². The van der Waals surface area contributed by atoms with Crippen molar-refractivity contribution < 1.29 is 9.59 Å². The van der Waals surface area contributed by atoms with Crippen molar-refractivity contribution in [2.45, 2.75) is 12.8 Å². The van der Waals surface area contributed by atoms with Crippen LogP contribution in [-0.2, 0) is 4.79 Å². The topological polar surface area (TPSA) is 75.4 Å². The fraction of sp³-hybridized carbons (Fsp3) is 0.333. The molecule has 5 nitrogen and oxygen atoms in total. The highest BCUT2D eigenvalue weighted by molar-refractivity contribution is 7.80. The van der Waals surface area contributed by atoms with E-state index in [2.05, 4.69) is 11.7 Å². The molecule has 1 radical (unpaired) electrons. The van der Waals surface area contributed by atoms with Crippen molar-refractivity contribution in [3.63, 3.8) is 0 Å². The van der Waals surface area contributed by atoms with Crippen molar-refractivity contribution in [3.8, 4) is 0 Å². The first-order valence-electron chi connectivity index (χ1n) is 6.85. The van der Waals surface area contributed by atoms with E-state index in [4.69, 9.17) is 18.0 Å². The minimum Gasteiger partial charge on any atom is -0.389 e. The molecular weight excluding hydrogens is 286 g/mol. The van der Waals surface area contributed by atoms with E-state index >= 15 is 0 Å². The molecule has 1 heterocycles. The van der Waals surface area contributed by atoms with Gasteiger partial charge in [-0.25, -0.2) is 0 Å². The summed E-state index contributed by atoms with van der Waals surface area (Å²) in [5.74, 6) is -0.322. The highest BCUT2D eigenvalue weighted by Gasteiger charge is 2.17. The molecular formula is C15H18N3O2S. The Labute approximate surface area is 129 Å². The molecule has 21 heavy (non-hydrogen) atoms. The number of nitrogens with one attached hydrogen (secondary N) is 1. The Morgan fingerprint density at radius 1 is 1.14 bits per heavy atom. The molecule has 3 N–H and O–H groups in total. The van der Waals surface area contributed by atoms with Gasteiger partial charge in [0.1, 0.15) is 4.99 Å². The largest absolute Gasteiger partial charge is 0.389 e. The minimum absolute atomic E-state index is 0.0237. The summed E-state index contributed by atoms with van der Waals surface area (Å²) in [7, 11) is 0. The molecule has 0 aromatic heterocycles. The normalized spacial score (nSPS) is 14.6. The molecule has 1 aromatic carbocycles. The van der Waals surface area contributed by atoms with Gasteiger partial charge in [0.2, 0.25) is 5.91 Å². The van der Waals surface area contributed by atoms with Gasteiger partial charge in [-0.15, -0.1) is 0 Å². The van der Waals surface area contributed by atoms with Crippen LogP contribution >= 0.6 is 12.2 Å². The van der Waals surface area contributed by atoms with E-state index in [0.717, 1.165) is 25.9 Å². The van der Waals surface area contributed by atoms with Crippen molar-refractivity contribution in [3.05, 3.63) is 41.8 Å². The second kappa shape index (κ2) is 7.17. The fourth-order valence-corrected chi connectivity index (χ4v) is 2.29. The molecule has 1 aliphatic rings. The van der Waals surface area contributed by atoms with Crippen LogP contribution in [-0.4, -0.2) is 41.3 Å². The lowest BCUT2D eigenvalue weighted by molar-refractivity contribution is -0.130. The maximum Gasteiger partial charge on any atom is 0.251 e. The molecule has 2 rings (SSSR count). The summed E-state index contributed by atoms with van der Waals surface area (Å²) in [5.41, 5.74) is 6.69. The summed E-state index contributed by atoms with van der Waals surface area (Å²) in [4.78, 5) is 26.0. The van der Waals surface area contributed by atoms with Gasteiger partial charge in [-0.1, -0.05) is 24.4 Å². The highest BCUT2D eigenvalue weighted by Crippen LogP contribution is 2.08. The molecule has 1 aromatic rings. The molecule has 1 fully saturated rings. The van der Waals surface area contributed by atoms with Crippen molar-refractivity contribution in [2.24, 2.45) is 5.73 Å². The van der Waals surface area contributed by atoms with Crippen molar-refractivity contribution >= 4 is 29.0 Å². The third-order valence-electron chi connectivity index (χ3n) is 3.39. The van der Waals surface area contributed by atoms with Crippen molar-refractivity contribution in [1.82, 2.24) is 10.2 Å². The number of nitrogens with zero attached hydrogens (tertiary/aromatic N) is 1. The average Bonchev–Trinajstić information content (AvgIpc) is 2.53. The number of rotatable bonds is 4. The van der Waals surface area contributed by atoms with Crippen LogP contribution in [0.15, 0.2) is 24.3 Å². The Balaban J connectivity index is 1.86. The van der Waals surface area contributed by atoms with Crippen LogP contribution < -0.4 is 11.1 Å². The van der Waals surface area contributed by atoms with Gasteiger partial charge in [-0.3, -0.25) is 9.59 Å². The average molecular weight is 304 g/mol. The predicted octanol–water partition coefficient (Wildman–Crippen LogP) is 0.877. The zero-order chi connectivity index (χ0) is 15.2. The second-order valence-corrected chi connectivity index (χ2v) is 5.31. The molecule has 0 unspecified atom stereocenters. The van der Waals surface area contributed by atoms with Crippen LogP contribution in [0.25, 0.3) is 0 Å². The van der Waals surface area contributed by atoms with Crippen molar-refractivity contribution in [1.29, 1.82) is 0 Å². The number of amides is 2. The van der Waals surface area contributed by atoms with Crippen LogP contribution in [0.5, 0.6) is 0 Å². The lowest BCUT2D eigenvalue weighted by Crippen LogP contribution is -2.42. The van der Waals surface area contributed by atoms with Gasteiger partial charge in [-0.2, -0.15) is 0 Å². The lowest BCUT2D eigenvalue weighted by atomic mass is 10.1. The first-order chi connectivity index (χ1) is 10.1. The van der Waals surface area contributed by atoms with Gasteiger partial charge in [-0.05, 0) is 31.4 Å². The molecule has 6 heteroatoms. The maximum absolute atomic E-state index is 12.0. The number of piperidine rings is 1. The fourth-order valence-electron chi connectivity index (χ4n) is 2.16. The molecule has 2 amide bonds. The van der Waals surface area contributed by atoms with E-state index in [1.165, 1.54) is 0 Å². The number of hydrogen-bond donors (Lipinski definition) is 2. The molecule has 111 valence electrons. The van der Waals surface area contributed by atoms with Crippen LogP contribution in [0.2, 0.25) is 0 Å². The summed E-state index contributed by atoms with van der Waals surface area (Å²) in [6, 6.07) is 6.67. The van der Waals surface area contributed by atoms with Gasteiger partial charge in [0.15, 0.2) is 0 Å². The van der Waals surface area contributed by atoms with Gasteiger partial charge < -0.3 is 16.0 Å². The Morgan fingerprint density at radius 2 is 1.71 bits per heavy atom. The van der Waals surface area contributed by atoms with Gasteiger partial charge in [0.05, 0.1) is 6.54 Å². The summed E-state index contributed by atoms with van der Waals surface area (Å²) in [5, 5.41) is 2.64. The SMILES string of the molecule is NC(=S)c1ccc(C(=O)NCC(=O)N2CC[CH]CC2)cc1. The maximum atomic E-state index is 12.0. The summed E-state index contributed by atoms with van der Waals surface area (Å²) in [6.45, 7) is 1.49. The lowest BCUT2D eigenvalue weighted by Gasteiger charge is -2.26. The third kappa shape index (κ3) is 4.26. The van der Waals surface area contributed by atoms with E-state index in [0.29, 0.717) is 16.1 Å². The summed E-state index contributed by atoms with van der Waals surface area (Å²) >= 11 is 4.85. The molecule has 1 aliphatic heterocycles. The van der Waals surface area contributed by atoms with Crippen LogP contribution in [0.4, 0.5) is 0 Å². The minimum atomic E-state index is -0.276. The van der Waals surface area contributed by atoms with E-state index in [1.54, 1.807) is 29.2 Å². The van der Waals surface area contributed by atoms with E-state index < -0.39 is 0 Å². The first-order valence-corrected chi connectivity index (χ1v) is 7.26. The van der Waals surface area contributed by atoms with Crippen LogP contribution in [0.1, 0.15) is 28.8 Å². The number of likely N-dealkylation sites (tertiary alicyclic amines) is 1. The number of carbonyl (C=O) groups is 2. The zero-order valence-electron chi connectivity index (χ0n) is 11.7. The van der Waals surface area contributed by atoms with Crippen molar-refractivity contribution in [2.75, 3.05) is 19.6 Å². The van der Waals surface area contributed by atoms with E-state index in [1.807, 2.05) is 0 Å². The monoisotopic (exact) mass is 304 g/mol. The third-order valence-corrected chi connectivity index (χ3v) is 3.63. The van der Waals surface area contributed by atoms with E-state index in [-0.39, 0.29) is 18.4 Å². The Hall–Kier alpha value is -1.95. The quantitative estimate of drug-likeness (QED) is 0.810. The highest BCUT2D eigenvalue weighted by atomic mass is 32.1.